The van der Waals surface area contributed by atoms with Gasteiger partial charge >= 0.3 is 0 Å². The second-order valence-electron chi connectivity index (χ2n) is 10.3. The first-order valence-electron chi connectivity index (χ1n) is 14.4. The Balaban J connectivity index is 1.77. The largest absolute Gasteiger partial charge is 0.354 e. The lowest BCUT2D eigenvalue weighted by Crippen LogP contribution is -2.53. The van der Waals surface area contributed by atoms with E-state index in [1.807, 2.05) is 37.3 Å². The van der Waals surface area contributed by atoms with Gasteiger partial charge < -0.3 is 10.2 Å². The molecule has 4 aromatic rings. The summed E-state index contributed by atoms with van der Waals surface area (Å²) >= 11 is 6.10. The van der Waals surface area contributed by atoms with Gasteiger partial charge in [0.05, 0.1) is 10.6 Å². The molecule has 0 aliphatic rings. The van der Waals surface area contributed by atoms with Gasteiger partial charge in [-0.2, -0.15) is 0 Å². The predicted molar refractivity (Wildman–Crippen MR) is 171 cm³/mol. The van der Waals surface area contributed by atoms with Crippen LogP contribution in [-0.2, 0) is 32.6 Å². The average molecular weight is 636 g/mol. The predicted octanol–water partition coefficient (Wildman–Crippen LogP) is 6.23. The molecule has 0 bridgehead atoms. The normalized spacial score (nSPS) is 11.9. The van der Waals surface area contributed by atoms with Crippen molar-refractivity contribution in [1.29, 1.82) is 0 Å². The molecule has 4 aromatic carbocycles. The molecule has 0 radical (unpaired) electrons. The maximum Gasteiger partial charge on any atom is 0.264 e. The number of halogens is 2. The number of sulfonamides is 1. The van der Waals surface area contributed by atoms with Gasteiger partial charge in [-0.25, -0.2) is 12.8 Å². The maximum atomic E-state index is 14.3. The molecule has 44 heavy (non-hydrogen) atoms. The van der Waals surface area contributed by atoms with E-state index in [9.17, 15) is 22.4 Å². The summed E-state index contributed by atoms with van der Waals surface area (Å²) in [5.74, 6) is -1.40. The first kappa shape index (κ1) is 32.7. The van der Waals surface area contributed by atoms with Crippen LogP contribution in [0.2, 0.25) is 5.02 Å². The Morgan fingerprint density at radius 3 is 2.07 bits per heavy atom. The number of carbonyl (C=O) groups is 2. The highest BCUT2D eigenvalue weighted by molar-refractivity contribution is 7.92. The zero-order chi connectivity index (χ0) is 31.5. The molecule has 0 aromatic heterocycles. The van der Waals surface area contributed by atoms with Gasteiger partial charge in [-0.05, 0) is 66.1 Å². The fourth-order valence-corrected chi connectivity index (χ4v) is 6.26. The molecule has 7 nitrogen and oxygen atoms in total. The van der Waals surface area contributed by atoms with E-state index in [0.29, 0.717) is 17.1 Å². The molecule has 10 heteroatoms. The molecule has 0 fully saturated rings. The molecule has 0 aliphatic heterocycles. The van der Waals surface area contributed by atoms with Crippen LogP contribution in [0.25, 0.3) is 0 Å². The van der Waals surface area contributed by atoms with Gasteiger partial charge in [0, 0.05) is 24.5 Å². The minimum Gasteiger partial charge on any atom is -0.354 e. The molecule has 2 amide bonds. The van der Waals surface area contributed by atoms with Crippen LogP contribution in [0.15, 0.2) is 114 Å². The zero-order valence-electron chi connectivity index (χ0n) is 24.4. The minimum atomic E-state index is -4.20. The van der Waals surface area contributed by atoms with Gasteiger partial charge in [0.1, 0.15) is 18.4 Å². The van der Waals surface area contributed by atoms with Gasteiger partial charge in [-0.1, -0.05) is 85.6 Å². The van der Waals surface area contributed by atoms with Crippen LogP contribution in [0.3, 0.4) is 0 Å². The molecule has 0 saturated carbocycles. The Kier molecular flexibility index (Phi) is 11.5. The zero-order valence-corrected chi connectivity index (χ0v) is 26.0. The van der Waals surface area contributed by atoms with Gasteiger partial charge in [0.2, 0.25) is 11.8 Å². The summed E-state index contributed by atoms with van der Waals surface area (Å²) in [5, 5.41) is 3.35. The van der Waals surface area contributed by atoms with E-state index in [1.54, 1.807) is 42.5 Å². The Morgan fingerprint density at radius 2 is 1.45 bits per heavy atom. The van der Waals surface area contributed by atoms with Crippen molar-refractivity contribution in [3.8, 4) is 0 Å². The molecule has 0 saturated heterocycles. The second kappa shape index (κ2) is 15.5. The number of unbranched alkanes of at least 4 members (excludes halogenated alkanes) is 1. The lowest BCUT2D eigenvalue weighted by Gasteiger charge is -2.34. The standard InChI is InChI=1S/C34H35ClFN3O4S/c1-2-3-22-37-34(41)32(23-26-10-6-4-7-11-26)38(24-27-14-18-29(36)19-15-27)33(40)25-39(30-20-16-28(35)17-21-30)44(42,43)31-12-8-5-9-13-31/h4-21,32H,2-3,22-25H2,1H3,(H,37,41). The van der Waals surface area contributed by atoms with Crippen molar-refractivity contribution in [2.45, 2.75) is 43.7 Å². The van der Waals surface area contributed by atoms with Gasteiger partial charge in [0.15, 0.2) is 0 Å². The van der Waals surface area contributed by atoms with E-state index in [-0.39, 0.29) is 29.5 Å². The maximum absolute atomic E-state index is 14.3. The van der Waals surface area contributed by atoms with Crippen LogP contribution in [0, 0.1) is 5.82 Å². The summed E-state index contributed by atoms with van der Waals surface area (Å²) in [6.45, 7) is 1.81. The molecule has 1 atom stereocenters. The highest BCUT2D eigenvalue weighted by Crippen LogP contribution is 2.26. The molecule has 230 valence electrons. The van der Waals surface area contributed by atoms with Crippen molar-refractivity contribution >= 4 is 39.1 Å². The lowest BCUT2D eigenvalue weighted by atomic mass is 10.0. The van der Waals surface area contributed by atoms with Crippen molar-refractivity contribution in [3.05, 3.63) is 131 Å². The quantitative estimate of drug-likeness (QED) is 0.166. The summed E-state index contributed by atoms with van der Waals surface area (Å²) in [6, 6.07) is 27.9. The van der Waals surface area contributed by atoms with E-state index in [4.69, 9.17) is 11.6 Å². The van der Waals surface area contributed by atoms with Crippen molar-refractivity contribution < 1.29 is 22.4 Å². The summed E-state index contributed by atoms with van der Waals surface area (Å²) in [4.78, 5) is 29.4. The highest BCUT2D eigenvalue weighted by Gasteiger charge is 2.34. The molecule has 0 heterocycles. The fraction of sp³-hybridized carbons (Fsp3) is 0.235. The summed E-state index contributed by atoms with van der Waals surface area (Å²) in [5.41, 5.74) is 1.65. The van der Waals surface area contributed by atoms with Gasteiger partial charge in [-0.15, -0.1) is 0 Å². The highest BCUT2D eigenvalue weighted by atomic mass is 35.5. The Bertz CT molecular complexity index is 1620. The van der Waals surface area contributed by atoms with Crippen LogP contribution in [0.1, 0.15) is 30.9 Å². The Morgan fingerprint density at radius 1 is 0.841 bits per heavy atom. The molecule has 1 unspecified atom stereocenters. The minimum absolute atomic E-state index is 0.00554. The fourth-order valence-electron chi connectivity index (χ4n) is 4.70. The van der Waals surface area contributed by atoms with Crippen LogP contribution in [-0.4, -0.2) is 44.3 Å². The van der Waals surface area contributed by atoms with E-state index >= 15 is 0 Å². The number of hydrogen-bond donors (Lipinski definition) is 1. The monoisotopic (exact) mass is 635 g/mol. The molecular weight excluding hydrogens is 601 g/mol. The molecule has 0 aliphatic carbocycles. The molecule has 4 rings (SSSR count). The number of amides is 2. The number of anilines is 1. The summed E-state index contributed by atoms with van der Waals surface area (Å²) in [7, 11) is -4.20. The number of nitrogens with zero attached hydrogens (tertiary/aromatic N) is 2. The average Bonchev–Trinajstić information content (AvgIpc) is 3.03. The topological polar surface area (TPSA) is 86.8 Å². The third-order valence-corrected chi connectivity index (χ3v) is 9.13. The number of carbonyl (C=O) groups excluding carboxylic acids is 2. The molecule has 1 N–H and O–H groups in total. The smallest absolute Gasteiger partial charge is 0.264 e. The van der Waals surface area contributed by atoms with E-state index in [0.717, 1.165) is 22.7 Å². The van der Waals surface area contributed by atoms with Crippen molar-refractivity contribution in [2.24, 2.45) is 0 Å². The number of benzene rings is 4. The number of rotatable bonds is 14. The van der Waals surface area contributed by atoms with Gasteiger partial charge in [-0.3, -0.25) is 13.9 Å². The summed E-state index contributed by atoms with van der Waals surface area (Å²) < 4.78 is 42.7. The second-order valence-corrected chi connectivity index (χ2v) is 12.6. The third kappa shape index (κ3) is 8.67. The van der Waals surface area contributed by atoms with Gasteiger partial charge in [0.25, 0.3) is 10.0 Å². The van der Waals surface area contributed by atoms with Crippen molar-refractivity contribution in [2.75, 3.05) is 17.4 Å². The van der Waals surface area contributed by atoms with Crippen LogP contribution < -0.4 is 9.62 Å². The Hall–Kier alpha value is -4.21. The van der Waals surface area contributed by atoms with E-state index in [2.05, 4.69) is 5.32 Å². The Labute approximate surface area is 263 Å². The number of nitrogens with one attached hydrogen (secondary N) is 1. The molecule has 0 spiro atoms. The molecular formula is C34H35ClFN3O4S. The summed E-state index contributed by atoms with van der Waals surface area (Å²) in [6.07, 6.45) is 1.82. The van der Waals surface area contributed by atoms with E-state index < -0.39 is 34.3 Å². The van der Waals surface area contributed by atoms with Crippen LogP contribution >= 0.6 is 11.6 Å². The van der Waals surface area contributed by atoms with Crippen LogP contribution in [0.5, 0.6) is 0 Å². The SMILES string of the molecule is CCCCNC(=O)C(Cc1ccccc1)N(Cc1ccc(F)cc1)C(=O)CN(c1ccc(Cl)cc1)S(=O)(=O)c1ccccc1. The van der Waals surface area contributed by atoms with Crippen molar-refractivity contribution in [1.82, 2.24) is 10.2 Å². The van der Waals surface area contributed by atoms with E-state index in [1.165, 1.54) is 41.3 Å². The van der Waals surface area contributed by atoms with Crippen LogP contribution in [0.4, 0.5) is 10.1 Å². The third-order valence-electron chi connectivity index (χ3n) is 7.09. The van der Waals surface area contributed by atoms with Crippen molar-refractivity contribution in [3.63, 3.8) is 0 Å². The number of hydrogen-bond acceptors (Lipinski definition) is 4. The first-order valence-corrected chi connectivity index (χ1v) is 16.2. The first-order chi connectivity index (χ1) is 21.2. The lowest BCUT2D eigenvalue weighted by molar-refractivity contribution is -0.140.